The zero-order valence-electron chi connectivity index (χ0n) is 6.85. The van der Waals surface area contributed by atoms with Gasteiger partial charge in [-0.05, 0) is 36.5 Å². The van der Waals surface area contributed by atoms with E-state index in [1.807, 2.05) is 0 Å². The minimum Gasteiger partial charge on any atom is -0.369 e. The van der Waals surface area contributed by atoms with Crippen molar-refractivity contribution in [3.63, 3.8) is 0 Å². The van der Waals surface area contributed by atoms with Crippen LogP contribution in [0, 0.1) is 23.7 Å². The van der Waals surface area contributed by atoms with Gasteiger partial charge in [0.15, 0.2) is 0 Å². The molecule has 0 radical (unpaired) electrons. The minimum atomic E-state index is 0.676. The summed E-state index contributed by atoms with van der Waals surface area (Å²) < 4.78 is 11.3. The normalized spacial score (nSPS) is 80.0. The number of hydrogen-bond donors (Lipinski definition) is 0. The molecule has 0 spiro atoms. The number of rotatable bonds is 0. The van der Waals surface area contributed by atoms with Crippen LogP contribution in [0.4, 0.5) is 0 Å². The molecule has 0 N–H and O–H groups in total. The molecule has 8 atom stereocenters. The molecule has 2 aliphatic heterocycles. The Morgan fingerprint density at radius 1 is 0.750 bits per heavy atom. The number of epoxide rings is 2. The Balaban J connectivity index is 1.66. The van der Waals surface area contributed by atoms with E-state index in [0.29, 0.717) is 24.4 Å². The van der Waals surface area contributed by atoms with Crippen LogP contribution in [-0.2, 0) is 9.47 Å². The van der Waals surface area contributed by atoms with Crippen molar-refractivity contribution in [2.45, 2.75) is 37.3 Å². The fraction of sp³-hybridized carbons (Fsp3) is 1.00. The lowest BCUT2D eigenvalue weighted by Gasteiger charge is -2.22. The van der Waals surface area contributed by atoms with E-state index in [0.717, 1.165) is 23.7 Å². The molecule has 0 amide bonds. The molecule has 0 aromatic heterocycles. The molecular formula is C10H12O2. The van der Waals surface area contributed by atoms with Gasteiger partial charge in [-0.3, -0.25) is 0 Å². The first-order valence-electron chi connectivity index (χ1n) is 5.24. The quantitative estimate of drug-likeness (QED) is 0.495. The second-order valence-electron chi connectivity index (χ2n) is 5.24. The summed E-state index contributed by atoms with van der Waals surface area (Å²) in [4.78, 5) is 0. The lowest BCUT2D eigenvalue weighted by atomic mass is 9.81. The van der Waals surface area contributed by atoms with Crippen LogP contribution in [0.5, 0.6) is 0 Å². The number of ether oxygens (including phenoxy) is 2. The molecule has 3 aliphatic carbocycles. The van der Waals surface area contributed by atoms with E-state index < -0.39 is 0 Å². The van der Waals surface area contributed by atoms with Gasteiger partial charge in [-0.15, -0.1) is 0 Å². The predicted molar refractivity (Wildman–Crippen MR) is 40.5 cm³/mol. The minimum absolute atomic E-state index is 0.676. The standard InChI is InChI=1S/C10H12O2/c1-4-3-2-6-10(11-6)7(3)5(1)9-8(4)12-9/h3-10H,1-2H2/t3-,4-,5+,6-,7+,8+,9+,10-/m0/s1. The van der Waals surface area contributed by atoms with Crippen LogP contribution in [-0.4, -0.2) is 24.4 Å². The van der Waals surface area contributed by atoms with Crippen molar-refractivity contribution < 1.29 is 9.47 Å². The van der Waals surface area contributed by atoms with E-state index in [9.17, 15) is 0 Å². The molecule has 2 saturated heterocycles. The van der Waals surface area contributed by atoms with Crippen LogP contribution in [0.3, 0.4) is 0 Å². The predicted octanol–water partition coefficient (Wildman–Crippen LogP) is 0.807. The van der Waals surface area contributed by atoms with Crippen molar-refractivity contribution in [1.82, 2.24) is 0 Å². The van der Waals surface area contributed by atoms with Gasteiger partial charge in [-0.2, -0.15) is 0 Å². The largest absolute Gasteiger partial charge is 0.369 e. The summed E-state index contributed by atoms with van der Waals surface area (Å²) in [6.07, 6.45) is 5.58. The van der Waals surface area contributed by atoms with Gasteiger partial charge in [0.1, 0.15) is 0 Å². The molecule has 2 heteroatoms. The Kier molecular flexibility index (Phi) is 0.644. The topological polar surface area (TPSA) is 25.1 Å². The Morgan fingerprint density at radius 2 is 1.67 bits per heavy atom. The highest BCUT2D eigenvalue weighted by Gasteiger charge is 2.74. The molecule has 0 aromatic carbocycles. The average Bonchev–Trinajstić information content (AvgIpc) is 2.92. The van der Waals surface area contributed by atoms with Gasteiger partial charge in [0, 0.05) is 0 Å². The van der Waals surface area contributed by atoms with Crippen molar-refractivity contribution in [2.24, 2.45) is 23.7 Å². The van der Waals surface area contributed by atoms with Gasteiger partial charge < -0.3 is 9.47 Å². The molecule has 0 unspecified atom stereocenters. The van der Waals surface area contributed by atoms with Crippen molar-refractivity contribution in [3.8, 4) is 0 Å². The smallest absolute Gasteiger partial charge is 0.0876 e. The van der Waals surface area contributed by atoms with Crippen LogP contribution < -0.4 is 0 Å². The molecule has 2 heterocycles. The molecule has 2 bridgehead atoms. The maximum absolute atomic E-state index is 5.69. The summed E-state index contributed by atoms with van der Waals surface area (Å²) in [5.41, 5.74) is 0. The van der Waals surface area contributed by atoms with Crippen LogP contribution in [0.25, 0.3) is 0 Å². The Hall–Kier alpha value is -0.0800. The first kappa shape index (κ1) is 5.61. The van der Waals surface area contributed by atoms with Gasteiger partial charge in [-0.1, -0.05) is 0 Å². The highest BCUT2D eigenvalue weighted by molar-refractivity contribution is 5.21. The van der Waals surface area contributed by atoms with Crippen LogP contribution in [0.1, 0.15) is 12.8 Å². The molecule has 5 fully saturated rings. The summed E-state index contributed by atoms with van der Waals surface area (Å²) in [5.74, 6) is 3.77. The van der Waals surface area contributed by atoms with E-state index in [2.05, 4.69) is 0 Å². The molecule has 3 saturated carbocycles. The van der Waals surface area contributed by atoms with E-state index in [4.69, 9.17) is 9.47 Å². The highest BCUT2D eigenvalue weighted by atomic mass is 16.6. The molecular weight excluding hydrogens is 152 g/mol. The lowest BCUT2D eigenvalue weighted by Crippen LogP contribution is -2.27. The summed E-state index contributed by atoms with van der Waals surface area (Å²) >= 11 is 0. The monoisotopic (exact) mass is 164 g/mol. The van der Waals surface area contributed by atoms with Crippen LogP contribution in [0.2, 0.25) is 0 Å². The average molecular weight is 164 g/mol. The first-order chi connectivity index (χ1) is 5.93. The second-order valence-corrected chi connectivity index (χ2v) is 5.24. The van der Waals surface area contributed by atoms with Gasteiger partial charge >= 0.3 is 0 Å². The fourth-order valence-corrected chi connectivity index (χ4v) is 4.58. The number of fused-ring (bicyclic) bond motifs is 10. The van der Waals surface area contributed by atoms with Gasteiger partial charge in [-0.25, -0.2) is 0 Å². The lowest BCUT2D eigenvalue weighted by molar-refractivity contribution is 0.162. The van der Waals surface area contributed by atoms with Gasteiger partial charge in [0.25, 0.3) is 0 Å². The maximum atomic E-state index is 5.69. The Labute approximate surface area is 71.2 Å². The molecule has 5 rings (SSSR count). The Bertz CT molecular complexity index is 273. The molecule has 12 heavy (non-hydrogen) atoms. The third-order valence-electron chi connectivity index (χ3n) is 4.99. The van der Waals surface area contributed by atoms with Gasteiger partial charge in [0.2, 0.25) is 0 Å². The molecule has 2 nitrogen and oxygen atoms in total. The summed E-state index contributed by atoms with van der Waals surface area (Å²) in [6.45, 7) is 0. The summed E-state index contributed by atoms with van der Waals surface area (Å²) in [6, 6.07) is 0. The van der Waals surface area contributed by atoms with Crippen molar-refractivity contribution >= 4 is 0 Å². The first-order valence-corrected chi connectivity index (χ1v) is 5.24. The number of hydrogen-bond acceptors (Lipinski definition) is 2. The SMILES string of the molecule is C1[C@H]2[C@@H]3C[C@@H]4O[C@@H]4[C@H]3[C@@H]1[C@H]1O[C@H]21. The van der Waals surface area contributed by atoms with E-state index in [-0.39, 0.29) is 0 Å². The summed E-state index contributed by atoms with van der Waals surface area (Å²) in [5, 5.41) is 0. The molecule has 0 aromatic rings. The van der Waals surface area contributed by atoms with E-state index in [1.54, 1.807) is 0 Å². The third kappa shape index (κ3) is 0.409. The Morgan fingerprint density at radius 3 is 2.67 bits per heavy atom. The van der Waals surface area contributed by atoms with E-state index >= 15 is 0 Å². The van der Waals surface area contributed by atoms with Crippen LogP contribution in [0.15, 0.2) is 0 Å². The van der Waals surface area contributed by atoms with Gasteiger partial charge in [0.05, 0.1) is 24.4 Å². The summed E-state index contributed by atoms with van der Waals surface area (Å²) in [7, 11) is 0. The zero-order chi connectivity index (χ0) is 7.45. The van der Waals surface area contributed by atoms with E-state index in [1.165, 1.54) is 12.8 Å². The molecule has 5 aliphatic rings. The van der Waals surface area contributed by atoms with Crippen molar-refractivity contribution in [2.75, 3.05) is 0 Å². The van der Waals surface area contributed by atoms with Crippen molar-refractivity contribution in [1.29, 1.82) is 0 Å². The highest BCUT2D eigenvalue weighted by Crippen LogP contribution is 2.69. The fourth-order valence-electron chi connectivity index (χ4n) is 4.58. The molecule has 64 valence electrons. The zero-order valence-corrected chi connectivity index (χ0v) is 6.85. The maximum Gasteiger partial charge on any atom is 0.0876 e. The van der Waals surface area contributed by atoms with Crippen LogP contribution >= 0.6 is 0 Å². The third-order valence-corrected chi connectivity index (χ3v) is 4.99. The second kappa shape index (κ2) is 1.38. The van der Waals surface area contributed by atoms with Crippen molar-refractivity contribution in [3.05, 3.63) is 0 Å².